The molecule has 1 aliphatic rings. The predicted molar refractivity (Wildman–Crippen MR) is 88.4 cm³/mol. The lowest BCUT2D eigenvalue weighted by Crippen LogP contribution is -2.33. The van der Waals surface area contributed by atoms with Crippen LogP contribution >= 0.6 is 23.4 Å². The van der Waals surface area contributed by atoms with Crippen molar-refractivity contribution in [3.8, 4) is 0 Å². The molecule has 2 rings (SSSR count). The maximum atomic E-state index is 13.1. The van der Waals surface area contributed by atoms with Gasteiger partial charge in [0.2, 0.25) is 0 Å². The van der Waals surface area contributed by atoms with E-state index in [-0.39, 0.29) is 19.6 Å². The van der Waals surface area contributed by atoms with Gasteiger partial charge in [-0.2, -0.15) is 13.2 Å². The summed E-state index contributed by atoms with van der Waals surface area (Å²) in [6.07, 6.45) is -4.52. The van der Waals surface area contributed by atoms with Crippen LogP contribution in [0.4, 0.5) is 13.2 Å². The van der Waals surface area contributed by atoms with Crippen molar-refractivity contribution in [2.24, 2.45) is 11.8 Å². The number of likely N-dealkylation sites (tertiary alicyclic amines) is 1. The second kappa shape index (κ2) is 7.54. The van der Waals surface area contributed by atoms with Crippen molar-refractivity contribution in [2.75, 3.05) is 13.1 Å². The molecule has 1 aromatic rings. The highest BCUT2D eigenvalue weighted by Crippen LogP contribution is 2.39. The Bertz CT molecular complexity index is 609. The molecule has 3 nitrogen and oxygen atoms in total. The van der Waals surface area contributed by atoms with Gasteiger partial charge < -0.3 is 5.11 Å². The van der Waals surface area contributed by atoms with Crippen molar-refractivity contribution in [3.63, 3.8) is 0 Å². The average Bonchev–Trinajstić information content (AvgIpc) is 2.86. The summed E-state index contributed by atoms with van der Waals surface area (Å²) in [6, 6.07) is 5.39. The molecular formula is C16H19ClF3NO2S. The van der Waals surface area contributed by atoms with Gasteiger partial charge in [-0.25, -0.2) is 0 Å². The summed E-state index contributed by atoms with van der Waals surface area (Å²) < 4.78 is 39.3. The van der Waals surface area contributed by atoms with Crippen LogP contribution in [0.1, 0.15) is 19.4 Å². The summed E-state index contributed by atoms with van der Waals surface area (Å²) in [4.78, 5) is 13.6. The van der Waals surface area contributed by atoms with E-state index in [2.05, 4.69) is 0 Å². The number of halogens is 4. The minimum absolute atomic E-state index is 0.128. The number of rotatable bonds is 5. The van der Waals surface area contributed by atoms with Gasteiger partial charge in [0, 0.05) is 34.8 Å². The zero-order valence-corrected chi connectivity index (χ0v) is 14.9. The summed E-state index contributed by atoms with van der Waals surface area (Å²) in [5, 5.41) is 9.89. The first-order valence-electron chi connectivity index (χ1n) is 7.55. The number of carbonyl (C=O) groups is 1. The topological polar surface area (TPSA) is 40.5 Å². The first kappa shape index (κ1) is 19.4. The fourth-order valence-corrected chi connectivity index (χ4v) is 4.15. The number of hydrogen-bond acceptors (Lipinski definition) is 3. The smallest absolute Gasteiger partial charge is 0.393 e. The van der Waals surface area contributed by atoms with Gasteiger partial charge in [-0.3, -0.25) is 9.69 Å². The Balaban J connectivity index is 2.22. The fourth-order valence-electron chi connectivity index (χ4n) is 2.88. The van der Waals surface area contributed by atoms with Crippen LogP contribution in [0.3, 0.4) is 0 Å². The van der Waals surface area contributed by atoms with Crippen LogP contribution in [0.2, 0.25) is 5.02 Å². The summed E-state index contributed by atoms with van der Waals surface area (Å²) in [5.74, 6) is -4.69. The van der Waals surface area contributed by atoms with Crippen molar-refractivity contribution >= 4 is 29.3 Å². The summed E-state index contributed by atoms with van der Waals surface area (Å²) >= 11 is 7.82. The Morgan fingerprint density at radius 1 is 1.42 bits per heavy atom. The van der Waals surface area contributed by atoms with Gasteiger partial charge >= 0.3 is 12.1 Å². The Kier molecular flexibility index (Phi) is 6.09. The van der Waals surface area contributed by atoms with Gasteiger partial charge in [-0.1, -0.05) is 31.5 Å². The van der Waals surface area contributed by atoms with E-state index in [1.165, 1.54) is 4.90 Å². The number of alkyl halides is 3. The minimum Gasteiger partial charge on any atom is -0.481 e. The molecule has 1 N–H and O–H groups in total. The van der Waals surface area contributed by atoms with Crippen LogP contribution < -0.4 is 0 Å². The maximum Gasteiger partial charge on any atom is 0.393 e. The summed E-state index contributed by atoms with van der Waals surface area (Å²) in [6.45, 7) is 3.80. The van der Waals surface area contributed by atoms with Gasteiger partial charge in [0.1, 0.15) is 0 Å². The highest BCUT2D eigenvalue weighted by Gasteiger charge is 2.52. The van der Waals surface area contributed by atoms with Crippen molar-refractivity contribution < 1.29 is 23.1 Å². The van der Waals surface area contributed by atoms with E-state index in [4.69, 9.17) is 16.7 Å². The quantitative estimate of drug-likeness (QED) is 0.760. The molecule has 1 fully saturated rings. The zero-order chi connectivity index (χ0) is 18.1. The van der Waals surface area contributed by atoms with Gasteiger partial charge in [-0.15, -0.1) is 11.8 Å². The molecule has 24 heavy (non-hydrogen) atoms. The van der Waals surface area contributed by atoms with E-state index in [1.807, 2.05) is 19.9 Å². The molecule has 1 aromatic carbocycles. The molecule has 1 aliphatic heterocycles. The fraction of sp³-hybridized carbons (Fsp3) is 0.562. The Morgan fingerprint density at radius 3 is 2.58 bits per heavy atom. The highest BCUT2D eigenvalue weighted by molar-refractivity contribution is 8.00. The lowest BCUT2D eigenvalue weighted by atomic mass is 9.96. The van der Waals surface area contributed by atoms with Crippen molar-refractivity contribution in [1.29, 1.82) is 0 Å². The molecule has 2 atom stereocenters. The molecule has 1 heterocycles. The van der Waals surface area contributed by atoms with Crippen LogP contribution in [-0.2, 0) is 11.3 Å². The van der Waals surface area contributed by atoms with Crippen LogP contribution in [0.15, 0.2) is 23.1 Å². The number of benzene rings is 1. The number of thioether (sulfide) groups is 1. The second-order valence-electron chi connectivity index (χ2n) is 6.17. The van der Waals surface area contributed by atoms with Gasteiger partial charge in [0.15, 0.2) is 0 Å². The third kappa shape index (κ3) is 4.58. The van der Waals surface area contributed by atoms with Crippen LogP contribution in [0.25, 0.3) is 0 Å². The lowest BCUT2D eigenvalue weighted by Gasteiger charge is -2.20. The molecule has 0 spiro atoms. The number of aliphatic carboxylic acids is 1. The first-order valence-corrected chi connectivity index (χ1v) is 8.81. The number of carboxylic acids is 1. The maximum absolute atomic E-state index is 13.1. The minimum atomic E-state index is -4.52. The summed E-state index contributed by atoms with van der Waals surface area (Å²) in [5.41, 5.74) is 0.754. The monoisotopic (exact) mass is 381 g/mol. The van der Waals surface area contributed by atoms with Crippen molar-refractivity contribution in [3.05, 3.63) is 28.8 Å². The largest absolute Gasteiger partial charge is 0.481 e. The van der Waals surface area contributed by atoms with E-state index < -0.39 is 24.0 Å². The predicted octanol–water partition coefficient (Wildman–Crippen LogP) is 4.54. The molecule has 0 amide bonds. The molecule has 0 radical (unpaired) electrons. The number of nitrogens with zero attached hydrogens (tertiary/aromatic N) is 1. The Hall–Kier alpha value is -0.920. The number of carboxylic acid groups (broad SMARTS) is 1. The van der Waals surface area contributed by atoms with Crippen molar-refractivity contribution in [1.82, 2.24) is 4.90 Å². The molecule has 1 saturated heterocycles. The van der Waals surface area contributed by atoms with Gasteiger partial charge in [0.05, 0.1) is 11.8 Å². The van der Waals surface area contributed by atoms with Crippen LogP contribution in [0, 0.1) is 11.8 Å². The van der Waals surface area contributed by atoms with Gasteiger partial charge in [-0.05, 0) is 17.7 Å². The van der Waals surface area contributed by atoms with E-state index in [1.54, 1.807) is 23.9 Å². The van der Waals surface area contributed by atoms with Crippen molar-refractivity contribution in [2.45, 2.75) is 36.7 Å². The molecule has 8 heteroatoms. The van der Waals surface area contributed by atoms with Crippen LogP contribution in [0.5, 0.6) is 0 Å². The van der Waals surface area contributed by atoms with E-state index in [0.29, 0.717) is 10.3 Å². The third-order valence-electron chi connectivity index (χ3n) is 3.95. The molecule has 0 saturated carbocycles. The van der Waals surface area contributed by atoms with E-state index in [0.717, 1.165) is 10.5 Å². The Labute approximate surface area is 148 Å². The SMILES string of the molecule is CC(C)Sc1cccc(Cl)c1CN1C[C@@H](C(F)(F)F)[C@H](C(=O)O)C1. The molecule has 134 valence electrons. The van der Waals surface area contributed by atoms with Crippen LogP contribution in [-0.4, -0.2) is 40.5 Å². The average molecular weight is 382 g/mol. The van der Waals surface area contributed by atoms with Gasteiger partial charge in [0.25, 0.3) is 0 Å². The lowest BCUT2D eigenvalue weighted by molar-refractivity contribution is -0.188. The zero-order valence-electron chi connectivity index (χ0n) is 13.3. The Morgan fingerprint density at radius 2 is 2.08 bits per heavy atom. The molecule has 0 unspecified atom stereocenters. The number of hydrogen-bond donors (Lipinski definition) is 1. The second-order valence-corrected chi connectivity index (χ2v) is 8.20. The standard InChI is InChI=1S/C16H19ClF3NO2S/c1-9(2)24-14-5-3-4-13(17)11(14)7-21-6-10(15(22)23)12(8-21)16(18,19)20/h3-5,9-10,12H,6-8H2,1-2H3,(H,22,23)/t10-,12-/m1/s1. The molecule has 0 bridgehead atoms. The third-order valence-corrected chi connectivity index (χ3v) is 5.42. The highest BCUT2D eigenvalue weighted by atomic mass is 35.5. The molecule has 0 aliphatic carbocycles. The van der Waals surface area contributed by atoms with E-state index >= 15 is 0 Å². The normalized spacial score (nSPS) is 22.3. The summed E-state index contributed by atoms with van der Waals surface area (Å²) in [7, 11) is 0. The first-order chi connectivity index (χ1) is 11.1. The van der Waals surface area contributed by atoms with E-state index in [9.17, 15) is 18.0 Å². The molecular weight excluding hydrogens is 363 g/mol. The molecule has 0 aromatic heterocycles.